The van der Waals surface area contributed by atoms with Gasteiger partial charge in [-0.2, -0.15) is 4.68 Å². The highest BCUT2D eigenvalue weighted by atomic mass is 32.2. The van der Waals surface area contributed by atoms with Crippen LogP contribution in [0.25, 0.3) is 5.69 Å². The Bertz CT molecular complexity index is 853. The molecule has 0 aliphatic carbocycles. The van der Waals surface area contributed by atoms with E-state index in [2.05, 4.69) is 39.9 Å². The van der Waals surface area contributed by atoms with Crippen molar-refractivity contribution in [1.29, 1.82) is 0 Å². The maximum Gasteiger partial charge on any atom is 0.233 e. The van der Waals surface area contributed by atoms with Crippen molar-refractivity contribution >= 4 is 17.7 Å². The first kappa shape index (κ1) is 19.1. The van der Waals surface area contributed by atoms with Crippen LogP contribution >= 0.6 is 11.8 Å². The van der Waals surface area contributed by atoms with Crippen LogP contribution in [0.15, 0.2) is 65.8 Å². The van der Waals surface area contributed by atoms with Crippen LogP contribution in [0.3, 0.4) is 0 Å². The summed E-state index contributed by atoms with van der Waals surface area (Å²) in [4.78, 5) is 12.6. The lowest BCUT2D eigenvalue weighted by atomic mass is 9.96. The van der Waals surface area contributed by atoms with Crippen LogP contribution < -0.4 is 5.32 Å². The predicted molar refractivity (Wildman–Crippen MR) is 107 cm³/mol. The molecule has 0 radical (unpaired) electrons. The highest BCUT2D eigenvalue weighted by molar-refractivity contribution is 8.00. The molecule has 0 saturated heterocycles. The molecule has 2 atom stereocenters. The maximum absolute atomic E-state index is 12.6. The third-order valence-electron chi connectivity index (χ3n) is 4.38. The minimum absolute atomic E-state index is 0.0167. The molecule has 27 heavy (non-hydrogen) atoms. The summed E-state index contributed by atoms with van der Waals surface area (Å²) >= 11 is 1.35. The molecule has 0 aliphatic heterocycles. The summed E-state index contributed by atoms with van der Waals surface area (Å²) < 4.78 is 1.65. The second-order valence-corrected chi connectivity index (χ2v) is 7.54. The Labute approximate surface area is 163 Å². The summed E-state index contributed by atoms with van der Waals surface area (Å²) in [5.41, 5.74) is 2.11. The third-order valence-corrected chi connectivity index (χ3v) is 5.41. The van der Waals surface area contributed by atoms with Crippen molar-refractivity contribution in [3.8, 4) is 5.69 Å². The molecule has 3 aromatic rings. The molecule has 0 aliphatic rings. The van der Waals surface area contributed by atoms with Crippen molar-refractivity contribution < 1.29 is 4.79 Å². The van der Waals surface area contributed by atoms with Gasteiger partial charge in [0.15, 0.2) is 0 Å². The number of para-hydroxylation sites is 1. The van der Waals surface area contributed by atoms with Crippen LogP contribution in [0.2, 0.25) is 0 Å². The van der Waals surface area contributed by atoms with E-state index in [4.69, 9.17) is 0 Å². The molecule has 140 valence electrons. The standard InChI is InChI=1S/C20H23N5OS/c1-3-16(17-10-6-4-7-11-17)14-21-19(26)15(2)27-20-22-23-24-25(20)18-12-8-5-9-13-18/h4-13,15-16H,3,14H2,1-2H3,(H,21,26)/t15-,16+/m0/s1. The quantitative estimate of drug-likeness (QED) is 0.605. The number of benzene rings is 2. The number of thioether (sulfide) groups is 1. The summed E-state index contributed by atoms with van der Waals surface area (Å²) in [6, 6.07) is 19.9. The molecular formula is C20H23N5OS. The Hall–Kier alpha value is -2.67. The van der Waals surface area contributed by atoms with Crippen LogP contribution in [-0.4, -0.2) is 37.9 Å². The fourth-order valence-corrected chi connectivity index (χ4v) is 3.62. The molecule has 3 rings (SSSR count). The summed E-state index contributed by atoms with van der Waals surface area (Å²) in [5.74, 6) is 0.291. The van der Waals surface area contributed by atoms with E-state index in [1.54, 1.807) is 4.68 Å². The number of hydrogen-bond acceptors (Lipinski definition) is 5. The third kappa shape index (κ3) is 4.95. The molecule has 0 fully saturated rings. The van der Waals surface area contributed by atoms with Gasteiger partial charge >= 0.3 is 0 Å². The van der Waals surface area contributed by atoms with Gasteiger partial charge in [-0.1, -0.05) is 67.2 Å². The number of carbonyl (C=O) groups excluding carboxylic acids is 1. The van der Waals surface area contributed by atoms with Gasteiger partial charge in [-0.15, -0.1) is 5.10 Å². The van der Waals surface area contributed by atoms with Gasteiger partial charge in [0.2, 0.25) is 11.1 Å². The number of amides is 1. The monoisotopic (exact) mass is 381 g/mol. The number of tetrazole rings is 1. The van der Waals surface area contributed by atoms with Crippen LogP contribution in [-0.2, 0) is 4.79 Å². The summed E-state index contributed by atoms with van der Waals surface area (Å²) in [5, 5.41) is 15.2. The Morgan fingerprint density at radius 2 is 1.78 bits per heavy atom. The number of carbonyl (C=O) groups is 1. The van der Waals surface area contributed by atoms with E-state index in [0.29, 0.717) is 17.6 Å². The van der Waals surface area contributed by atoms with Crippen LogP contribution in [0.1, 0.15) is 31.7 Å². The summed E-state index contributed by atoms with van der Waals surface area (Å²) in [6.45, 7) is 4.62. The number of aromatic nitrogens is 4. The van der Waals surface area contributed by atoms with Gasteiger partial charge in [-0.25, -0.2) is 0 Å². The molecule has 0 saturated carbocycles. The van der Waals surface area contributed by atoms with Gasteiger partial charge in [0.25, 0.3) is 0 Å². The largest absolute Gasteiger partial charge is 0.355 e. The average Bonchev–Trinajstić information content (AvgIpc) is 3.18. The maximum atomic E-state index is 12.6. The van der Waals surface area contributed by atoms with Crippen molar-refractivity contribution in [1.82, 2.24) is 25.5 Å². The first-order valence-corrected chi connectivity index (χ1v) is 9.90. The second-order valence-electron chi connectivity index (χ2n) is 6.23. The van der Waals surface area contributed by atoms with E-state index in [1.165, 1.54) is 17.3 Å². The molecule has 1 N–H and O–H groups in total. The van der Waals surface area contributed by atoms with E-state index in [1.807, 2.05) is 55.5 Å². The van der Waals surface area contributed by atoms with Crippen LogP contribution in [0.4, 0.5) is 0 Å². The smallest absolute Gasteiger partial charge is 0.233 e. The van der Waals surface area contributed by atoms with Crippen LogP contribution in [0, 0.1) is 0 Å². The highest BCUT2D eigenvalue weighted by Crippen LogP contribution is 2.23. The minimum Gasteiger partial charge on any atom is -0.355 e. The van der Waals surface area contributed by atoms with E-state index in [9.17, 15) is 4.79 Å². The first-order chi connectivity index (χ1) is 13.2. The minimum atomic E-state index is -0.299. The fraction of sp³-hybridized carbons (Fsp3) is 0.300. The number of hydrogen-bond donors (Lipinski definition) is 1. The van der Waals surface area contributed by atoms with Crippen molar-refractivity contribution in [3.63, 3.8) is 0 Å². The van der Waals surface area contributed by atoms with Gasteiger partial charge < -0.3 is 5.32 Å². The van der Waals surface area contributed by atoms with E-state index in [-0.39, 0.29) is 11.2 Å². The fourth-order valence-electron chi connectivity index (χ4n) is 2.79. The Balaban J connectivity index is 1.59. The molecular weight excluding hydrogens is 358 g/mol. The van der Waals surface area contributed by atoms with Crippen molar-refractivity contribution in [2.45, 2.75) is 36.6 Å². The lowest BCUT2D eigenvalue weighted by Gasteiger charge is -2.18. The predicted octanol–water partition coefficient (Wildman–Crippen LogP) is 3.45. The zero-order valence-electron chi connectivity index (χ0n) is 15.4. The van der Waals surface area contributed by atoms with Gasteiger partial charge in [-0.3, -0.25) is 4.79 Å². The molecule has 6 nitrogen and oxygen atoms in total. The summed E-state index contributed by atoms with van der Waals surface area (Å²) in [6.07, 6.45) is 0.970. The average molecular weight is 382 g/mol. The zero-order valence-corrected chi connectivity index (χ0v) is 16.3. The highest BCUT2D eigenvalue weighted by Gasteiger charge is 2.20. The SMILES string of the molecule is CC[C@H](CNC(=O)[C@H](C)Sc1nnnn1-c1ccccc1)c1ccccc1. The molecule has 1 aromatic heterocycles. The summed E-state index contributed by atoms with van der Waals surface area (Å²) in [7, 11) is 0. The van der Waals surface area contributed by atoms with E-state index >= 15 is 0 Å². The second kappa shape index (κ2) is 9.32. The lowest BCUT2D eigenvalue weighted by Crippen LogP contribution is -2.34. The molecule has 0 spiro atoms. The van der Waals surface area contributed by atoms with Crippen LogP contribution in [0.5, 0.6) is 0 Å². The molecule has 1 amide bonds. The van der Waals surface area contributed by atoms with Crippen molar-refractivity contribution in [2.24, 2.45) is 0 Å². The van der Waals surface area contributed by atoms with Gasteiger partial charge in [0.1, 0.15) is 0 Å². The van der Waals surface area contributed by atoms with Crippen molar-refractivity contribution in [3.05, 3.63) is 66.2 Å². The normalized spacial score (nSPS) is 13.1. The van der Waals surface area contributed by atoms with E-state index in [0.717, 1.165) is 12.1 Å². The topological polar surface area (TPSA) is 72.7 Å². The van der Waals surface area contributed by atoms with E-state index < -0.39 is 0 Å². The Kier molecular flexibility index (Phi) is 6.59. The Morgan fingerprint density at radius 3 is 2.44 bits per heavy atom. The number of nitrogens with one attached hydrogen (secondary N) is 1. The van der Waals surface area contributed by atoms with Gasteiger partial charge in [0, 0.05) is 12.5 Å². The number of nitrogens with zero attached hydrogens (tertiary/aromatic N) is 4. The first-order valence-electron chi connectivity index (χ1n) is 9.02. The number of rotatable bonds is 8. The molecule has 0 unspecified atom stereocenters. The molecule has 7 heteroatoms. The zero-order chi connectivity index (χ0) is 19.1. The molecule has 0 bridgehead atoms. The lowest BCUT2D eigenvalue weighted by molar-refractivity contribution is -0.120. The van der Waals surface area contributed by atoms with Gasteiger partial charge in [0.05, 0.1) is 10.9 Å². The molecule has 1 heterocycles. The van der Waals surface area contributed by atoms with Crippen molar-refractivity contribution in [2.75, 3.05) is 6.54 Å². The Morgan fingerprint density at radius 1 is 1.11 bits per heavy atom. The molecule has 2 aromatic carbocycles. The van der Waals surface area contributed by atoms with Gasteiger partial charge in [-0.05, 0) is 41.5 Å².